The van der Waals surface area contributed by atoms with Crippen LogP contribution in [0.1, 0.15) is 27.7 Å². The molecule has 0 aliphatic heterocycles. The van der Waals surface area contributed by atoms with Gasteiger partial charge in [-0.1, -0.05) is 20.8 Å². The van der Waals surface area contributed by atoms with Gasteiger partial charge in [0.15, 0.2) is 0 Å². The first-order valence-electron chi connectivity index (χ1n) is 3.97. The Balaban J connectivity index is 3.46. The van der Waals surface area contributed by atoms with E-state index in [0.29, 0.717) is 13.1 Å². The molecule has 0 rings (SSSR count). The van der Waals surface area contributed by atoms with Gasteiger partial charge in [-0.25, -0.2) is 4.79 Å². The first-order valence-corrected chi connectivity index (χ1v) is 3.97. The monoisotopic (exact) mass is 158 g/mol. The van der Waals surface area contributed by atoms with Crippen LogP contribution in [0.25, 0.3) is 0 Å². The Kier molecular flexibility index (Phi) is 3.93. The lowest BCUT2D eigenvalue weighted by atomic mass is 9.97. The summed E-state index contributed by atoms with van der Waals surface area (Å²) in [4.78, 5) is 10.9. The highest BCUT2D eigenvalue weighted by Crippen LogP contribution is 2.09. The second-order valence-corrected chi connectivity index (χ2v) is 3.77. The molecule has 66 valence electrons. The molecule has 0 aliphatic rings. The summed E-state index contributed by atoms with van der Waals surface area (Å²) in [6, 6.07) is -0.0811. The molecule has 0 saturated carbocycles. The van der Waals surface area contributed by atoms with E-state index in [9.17, 15) is 4.79 Å². The minimum Gasteiger partial charge on any atom is -0.338 e. The standard InChI is InChI=1S/C8H18N2O/c1-5-9-7(11)10-6-8(2,3)4/h5-6H2,1-4H3,(H2,9,10,11). The third kappa shape index (κ3) is 7.16. The van der Waals surface area contributed by atoms with Crippen molar-refractivity contribution in [3.63, 3.8) is 0 Å². The van der Waals surface area contributed by atoms with Gasteiger partial charge >= 0.3 is 6.03 Å². The van der Waals surface area contributed by atoms with Gasteiger partial charge in [-0.05, 0) is 12.3 Å². The molecule has 2 amide bonds. The van der Waals surface area contributed by atoms with Crippen LogP contribution in [-0.4, -0.2) is 19.1 Å². The third-order valence-corrected chi connectivity index (χ3v) is 1.12. The number of carbonyl (C=O) groups excluding carboxylic acids is 1. The van der Waals surface area contributed by atoms with E-state index < -0.39 is 0 Å². The largest absolute Gasteiger partial charge is 0.338 e. The van der Waals surface area contributed by atoms with Gasteiger partial charge < -0.3 is 10.6 Å². The van der Waals surface area contributed by atoms with Crippen LogP contribution in [0.3, 0.4) is 0 Å². The lowest BCUT2D eigenvalue weighted by Gasteiger charge is -2.18. The Morgan fingerprint density at radius 2 is 1.82 bits per heavy atom. The summed E-state index contributed by atoms with van der Waals surface area (Å²) >= 11 is 0. The number of hydrogen-bond donors (Lipinski definition) is 2. The second kappa shape index (κ2) is 4.21. The summed E-state index contributed by atoms with van der Waals surface area (Å²) in [6.07, 6.45) is 0. The maximum atomic E-state index is 10.9. The summed E-state index contributed by atoms with van der Waals surface area (Å²) < 4.78 is 0. The van der Waals surface area contributed by atoms with Gasteiger partial charge in [0.1, 0.15) is 0 Å². The quantitative estimate of drug-likeness (QED) is 0.626. The average Bonchev–Trinajstić information content (AvgIpc) is 1.83. The SMILES string of the molecule is CCNC(=O)NCC(C)(C)C. The van der Waals surface area contributed by atoms with Crippen molar-refractivity contribution < 1.29 is 4.79 Å². The zero-order chi connectivity index (χ0) is 8.91. The van der Waals surface area contributed by atoms with Crippen molar-refractivity contribution in [3.8, 4) is 0 Å². The molecule has 0 radical (unpaired) electrons. The minimum atomic E-state index is -0.0811. The van der Waals surface area contributed by atoms with E-state index in [1.165, 1.54) is 0 Å². The number of hydrogen-bond acceptors (Lipinski definition) is 1. The van der Waals surface area contributed by atoms with E-state index in [2.05, 4.69) is 31.4 Å². The summed E-state index contributed by atoms with van der Waals surface area (Å²) in [6.45, 7) is 9.53. The van der Waals surface area contributed by atoms with Crippen LogP contribution in [-0.2, 0) is 0 Å². The molecule has 2 N–H and O–H groups in total. The summed E-state index contributed by atoms with van der Waals surface area (Å²) in [7, 11) is 0. The fourth-order valence-corrected chi connectivity index (χ4v) is 0.569. The highest BCUT2D eigenvalue weighted by molar-refractivity contribution is 5.73. The Labute approximate surface area is 68.6 Å². The summed E-state index contributed by atoms with van der Waals surface area (Å²) in [5, 5.41) is 5.44. The van der Waals surface area contributed by atoms with Gasteiger partial charge in [-0.15, -0.1) is 0 Å². The van der Waals surface area contributed by atoms with Crippen LogP contribution in [0.15, 0.2) is 0 Å². The lowest BCUT2D eigenvalue weighted by Crippen LogP contribution is -2.39. The molecule has 3 nitrogen and oxygen atoms in total. The van der Waals surface area contributed by atoms with Crippen LogP contribution in [0.2, 0.25) is 0 Å². The molecule has 0 aromatic heterocycles. The average molecular weight is 158 g/mol. The zero-order valence-corrected chi connectivity index (χ0v) is 7.82. The van der Waals surface area contributed by atoms with Crippen molar-refractivity contribution in [1.29, 1.82) is 0 Å². The van der Waals surface area contributed by atoms with Gasteiger partial charge in [0.05, 0.1) is 0 Å². The zero-order valence-electron chi connectivity index (χ0n) is 7.82. The molecule has 0 saturated heterocycles. The number of carbonyl (C=O) groups is 1. The summed E-state index contributed by atoms with van der Waals surface area (Å²) in [5.41, 5.74) is 0.158. The van der Waals surface area contributed by atoms with Crippen LogP contribution < -0.4 is 10.6 Å². The molecule has 0 spiro atoms. The van der Waals surface area contributed by atoms with Gasteiger partial charge in [-0.2, -0.15) is 0 Å². The Hall–Kier alpha value is -0.730. The van der Waals surface area contributed by atoms with Crippen molar-refractivity contribution >= 4 is 6.03 Å². The molecule has 0 unspecified atom stereocenters. The topological polar surface area (TPSA) is 41.1 Å². The number of rotatable bonds is 2. The first kappa shape index (κ1) is 10.3. The maximum Gasteiger partial charge on any atom is 0.314 e. The van der Waals surface area contributed by atoms with Crippen molar-refractivity contribution in [2.45, 2.75) is 27.7 Å². The molecule has 3 heteroatoms. The van der Waals surface area contributed by atoms with Crippen LogP contribution >= 0.6 is 0 Å². The molecule has 0 heterocycles. The van der Waals surface area contributed by atoms with Gasteiger partial charge in [0, 0.05) is 13.1 Å². The second-order valence-electron chi connectivity index (χ2n) is 3.77. The smallest absolute Gasteiger partial charge is 0.314 e. The molecule has 0 aromatic rings. The Morgan fingerprint density at radius 3 is 2.18 bits per heavy atom. The Bertz CT molecular complexity index is 127. The normalized spacial score (nSPS) is 10.9. The minimum absolute atomic E-state index is 0.0811. The van der Waals surface area contributed by atoms with Gasteiger partial charge in [0.25, 0.3) is 0 Å². The van der Waals surface area contributed by atoms with E-state index in [1.54, 1.807) is 0 Å². The third-order valence-electron chi connectivity index (χ3n) is 1.12. The summed E-state index contributed by atoms with van der Waals surface area (Å²) in [5.74, 6) is 0. The molecule has 0 fully saturated rings. The van der Waals surface area contributed by atoms with Gasteiger partial charge in [-0.3, -0.25) is 0 Å². The van der Waals surface area contributed by atoms with Gasteiger partial charge in [0.2, 0.25) is 0 Å². The molecule has 0 bridgehead atoms. The maximum absolute atomic E-state index is 10.9. The first-order chi connectivity index (χ1) is 4.95. The predicted octanol–water partition coefficient (Wildman–Crippen LogP) is 1.35. The fraction of sp³-hybridized carbons (Fsp3) is 0.875. The highest BCUT2D eigenvalue weighted by atomic mass is 16.2. The Morgan fingerprint density at radius 1 is 1.27 bits per heavy atom. The molecule has 0 aliphatic carbocycles. The number of urea groups is 1. The molecule has 11 heavy (non-hydrogen) atoms. The lowest BCUT2D eigenvalue weighted by molar-refractivity contribution is 0.236. The van der Waals surface area contributed by atoms with E-state index in [1.807, 2.05) is 6.92 Å². The van der Waals surface area contributed by atoms with Crippen LogP contribution in [0.5, 0.6) is 0 Å². The highest BCUT2D eigenvalue weighted by Gasteiger charge is 2.10. The molecular weight excluding hydrogens is 140 g/mol. The van der Waals surface area contributed by atoms with E-state index >= 15 is 0 Å². The van der Waals surface area contributed by atoms with E-state index in [4.69, 9.17) is 0 Å². The van der Waals surface area contributed by atoms with E-state index in [-0.39, 0.29) is 11.4 Å². The van der Waals surface area contributed by atoms with Crippen molar-refractivity contribution in [1.82, 2.24) is 10.6 Å². The van der Waals surface area contributed by atoms with E-state index in [0.717, 1.165) is 0 Å². The van der Waals surface area contributed by atoms with Crippen molar-refractivity contribution in [2.24, 2.45) is 5.41 Å². The van der Waals surface area contributed by atoms with Crippen LogP contribution in [0.4, 0.5) is 4.79 Å². The number of amides is 2. The molecular formula is C8H18N2O. The van der Waals surface area contributed by atoms with Crippen molar-refractivity contribution in [2.75, 3.05) is 13.1 Å². The fourth-order valence-electron chi connectivity index (χ4n) is 0.569. The molecule has 0 atom stereocenters. The van der Waals surface area contributed by atoms with Crippen LogP contribution in [0, 0.1) is 5.41 Å². The molecule has 0 aromatic carbocycles. The predicted molar refractivity (Wildman–Crippen MR) is 46.5 cm³/mol. The van der Waals surface area contributed by atoms with Crippen molar-refractivity contribution in [3.05, 3.63) is 0 Å². The number of nitrogens with one attached hydrogen (secondary N) is 2.